The molecule has 5 aromatic rings. The van der Waals surface area contributed by atoms with Crippen molar-refractivity contribution in [2.75, 3.05) is 10.6 Å². The Kier molecular flexibility index (Phi) is 5.57. The van der Waals surface area contributed by atoms with Crippen molar-refractivity contribution in [2.45, 2.75) is 0 Å². The summed E-state index contributed by atoms with van der Waals surface area (Å²) in [5.41, 5.74) is 4.28. The van der Waals surface area contributed by atoms with Crippen LogP contribution in [0.4, 0.5) is 16.2 Å². The van der Waals surface area contributed by atoms with Gasteiger partial charge in [0.25, 0.3) is 0 Å². The first-order valence-corrected chi connectivity index (χ1v) is 11.3. The van der Waals surface area contributed by atoms with Gasteiger partial charge in [0, 0.05) is 16.3 Å². The monoisotopic (exact) mass is 478 g/mol. The van der Waals surface area contributed by atoms with Crippen LogP contribution in [0.3, 0.4) is 0 Å². The molecule has 2 aromatic heterocycles. The van der Waals surface area contributed by atoms with Crippen LogP contribution >= 0.6 is 34.5 Å². The number of carbonyl (C=O) groups is 1. The summed E-state index contributed by atoms with van der Waals surface area (Å²) in [4.78, 5) is 22.5. The van der Waals surface area contributed by atoms with Crippen LogP contribution in [0.2, 0.25) is 10.0 Å². The number of hydrogen-bond acceptors (Lipinski definition) is 3. The first-order valence-electron chi connectivity index (χ1n) is 9.73. The maximum atomic E-state index is 12.3. The van der Waals surface area contributed by atoms with E-state index in [2.05, 4.69) is 32.7 Å². The van der Waals surface area contributed by atoms with Gasteiger partial charge < -0.3 is 15.6 Å². The molecule has 0 atom stereocenters. The molecule has 5 rings (SSSR count). The topological polar surface area (TPSA) is 69.8 Å². The van der Waals surface area contributed by atoms with Gasteiger partial charge in [0.05, 0.1) is 26.0 Å². The molecular weight excluding hydrogens is 463 g/mol. The number of urea groups is 1. The molecule has 3 aromatic carbocycles. The second-order valence-electron chi connectivity index (χ2n) is 7.05. The molecule has 2 amide bonds. The Morgan fingerprint density at radius 3 is 2.31 bits per heavy atom. The maximum Gasteiger partial charge on any atom is 0.323 e. The molecule has 2 heterocycles. The van der Waals surface area contributed by atoms with Crippen molar-refractivity contribution in [1.29, 1.82) is 0 Å². The number of thiophene rings is 1. The summed E-state index contributed by atoms with van der Waals surface area (Å²) < 4.78 is 0. The van der Waals surface area contributed by atoms with Crippen molar-refractivity contribution in [3.8, 4) is 21.1 Å². The number of nitrogens with one attached hydrogen (secondary N) is 3. The van der Waals surface area contributed by atoms with Gasteiger partial charge in [0.2, 0.25) is 0 Å². The molecule has 8 heteroatoms. The predicted octanol–water partition coefficient (Wildman–Crippen LogP) is 7.91. The standard InChI is InChI=1S/C24H16Cl2N4OS/c25-17-10-9-16(13-18(17)26)28-24(31)27-15-7-5-14(6-8-15)21-11-12-22(32-21)23-29-19-3-1-2-4-20(19)30-23/h1-13H,(H,29,30)(H2,27,28,31). The van der Waals surface area contributed by atoms with Gasteiger partial charge in [-0.1, -0.05) is 47.5 Å². The molecule has 3 N–H and O–H groups in total. The Hall–Kier alpha value is -3.32. The highest BCUT2D eigenvalue weighted by Crippen LogP contribution is 2.34. The van der Waals surface area contributed by atoms with Crippen LogP contribution in [0.5, 0.6) is 0 Å². The fourth-order valence-corrected chi connectivity index (χ4v) is 4.53. The van der Waals surface area contributed by atoms with Crippen LogP contribution in [-0.4, -0.2) is 16.0 Å². The normalized spacial score (nSPS) is 10.9. The van der Waals surface area contributed by atoms with E-state index in [4.69, 9.17) is 23.2 Å². The highest BCUT2D eigenvalue weighted by Gasteiger charge is 2.10. The number of fused-ring (bicyclic) bond motifs is 1. The minimum atomic E-state index is -0.362. The quantitative estimate of drug-likeness (QED) is 0.245. The summed E-state index contributed by atoms with van der Waals surface area (Å²) in [6.07, 6.45) is 0. The predicted molar refractivity (Wildman–Crippen MR) is 134 cm³/mol. The van der Waals surface area contributed by atoms with Gasteiger partial charge in [-0.3, -0.25) is 0 Å². The van der Waals surface area contributed by atoms with E-state index in [1.807, 2.05) is 48.5 Å². The molecule has 0 fully saturated rings. The van der Waals surface area contributed by atoms with Crippen molar-refractivity contribution in [1.82, 2.24) is 9.97 Å². The maximum absolute atomic E-state index is 12.3. The molecule has 0 unspecified atom stereocenters. The second-order valence-corrected chi connectivity index (χ2v) is 8.95. The molecule has 0 saturated carbocycles. The molecular formula is C24H16Cl2N4OS. The van der Waals surface area contributed by atoms with E-state index < -0.39 is 0 Å². The van der Waals surface area contributed by atoms with Crippen molar-refractivity contribution < 1.29 is 4.79 Å². The van der Waals surface area contributed by atoms with E-state index in [9.17, 15) is 4.79 Å². The van der Waals surface area contributed by atoms with Crippen LogP contribution in [-0.2, 0) is 0 Å². The summed E-state index contributed by atoms with van der Waals surface area (Å²) in [6.45, 7) is 0. The Bertz CT molecular complexity index is 1390. The number of aromatic nitrogens is 2. The Balaban J connectivity index is 1.27. The number of rotatable bonds is 4. The molecule has 0 bridgehead atoms. The van der Waals surface area contributed by atoms with Crippen LogP contribution in [0.1, 0.15) is 0 Å². The third kappa shape index (κ3) is 4.34. The Labute approximate surface area is 198 Å². The summed E-state index contributed by atoms with van der Waals surface area (Å²) in [7, 11) is 0. The number of para-hydroxylation sites is 2. The van der Waals surface area contributed by atoms with E-state index in [-0.39, 0.29) is 6.03 Å². The number of nitrogens with zero attached hydrogens (tertiary/aromatic N) is 1. The van der Waals surface area contributed by atoms with Crippen molar-refractivity contribution in [3.63, 3.8) is 0 Å². The summed E-state index contributed by atoms with van der Waals surface area (Å²) in [5.74, 6) is 0.861. The Morgan fingerprint density at radius 2 is 1.53 bits per heavy atom. The summed E-state index contributed by atoms with van der Waals surface area (Å²) in [5, 5.41) is 6.36. The second kappa shape index (κ2) is 8.67. The number of aromatic amines is 1. The smallest absolute Gasteiger partial charge is 0.323 e. The fraction of sp³-hybridized carbons (Fsp3) is 0. The van der Waals surface area contributed by atoms with Gasteiger partial charge in [-0.15, -0.1) is 11.3 Å². The van der Waals surface area contributed by atoms with Crippen LogP contribution in [0, 0.1) is 0 Å². The minimum absolute atomic E-state index is 0.362. The van der Waals surface area contributed by atoms with Crippen molar-refractivity contribution in [3.05, 3.63) is 88.9 Å². The average molecular weight is 479 g/mol. The Morgan fingerprint density at radius 1 is 0.812 bits per heavy atom. The van der Waals surface area contributed by atoms with E-state index in [0.29, 0.717) is 21.4 Å². The van der Waals surface area contributed by atoms with Crippen molar-refractivity contribution in [2.24, 2.45) is 0 Å². The number of H-pyrrole nitrogens is 1. The fourth-order valence-electron chi connectivity index (χ4n) is 3.27. The number of amides is 2. The molecule has 0 saturated heterocycles. The summed E-state index contributed by atoms with van der Waals surface area (Å²) >= 11 is 13.5. The number of anilines is 2. The lowest BCUT2D eigenvalue weighted by Crippen LogP contribution is -2.19. The van der Waals surface area contributed by atoms with Gasteiger partial charge in [-0.25, -0.2) is 9.78 Å². The number of hydrogen-bond donors (Lipinski definition) is 3. The van der Waals surface area contributed by atoms with Gasteiger partial charge in [-0.05, 0) is 60.2 Å². The molecule has 0 radical (unpaired) electrons. The number of imidazole rings is 1. The molecule has 0 spiro atoms. The van der Waals surface area contributed by atoms with Gasteiger partial charge in [-0.2, -0.15) is 0 Å². The van der Waals surface area contributed by atoms with Crippen molar-refractivity contribution >= 4 is 63.0 Å². The van der Waals surface area contributed by atoms with Gasteiger partial charge >= 0.3 is 6.03 Å². The lowest BCUT2D eigenvalue weighted by molar-refractivity contribution is 0.262. The van der Waals surface area contributed by atoms with E-state index >= 15 is 0 Å². The average Bonchev–Trinajstić information content (AvgIpc) is 3.44. The lowest BCUT2D eigenvalue weighted by Gasteiger charge is -2.09. The number of halogens is 2. The molecule has 32 heavy (non-hydrogen) atoms. The number of benzene rings is 3. The van der Waals surface area contributed by atoms with Crippen LogP contribution in [0.25, 0.3) is 32.2 Å². The SMILES string of the molecule is O=C(Nc1ccc(-c2ccc(-c3nc4ccccc4[nH]3)s2)cc1)Nc1ccc(Cl)c(Cl)c1. The first-order chi connectivity index (χ1) is 15.5. The van der Waals surface area contributed by atoms with Gasteiger partial charge in [0.1, 0.15) is 5.82 Å². The van der Waals surface area contributed by atoms with Crippen LogP contribution < -0.4 is 10.6 Å². The number of carbonyl (C=O) groups excluding carboxylic acids is 1. The first kappa shape index (κ1) is 20.6. The lowest BCUT2D eigenvalue weighted by atomic mass is 10.2. The largest absolute Gasteiger partial charge is 0.337 e. The molecule has 5 nitrogen and oxygen atoms in total. The highest BCUT2D eigenvalue weighted by molar-refractivity contribution is 7.18. The summed E-state index contributed by atoms with van der Waals surface area (Å²) in [6, 6.07) is 24.4. The molecule has 0 aliphatic heterocycles. The van der Waals surface area contributed by atoms with E-state index in [1.165, 1.54) is 0 Å². The molecule has 0 aliphatic rings. The molecule has 0 aliphatic carbocycles. The minimum Gasteiger partial charge on any atom is -0.337 e. The van der Waals surface area contributed by atoms with E-state index in [1.54, 1.807) is 29.5 Å². The van der Waals surface area contributed by atoms with Crippen LogP contribution in [0.15, 0.2) is 78.9 Å². The third-order valence-electron chi connectivity index (χ3n) is 4.83. The zero-order valence-corrected chi connectivity index (χ0v) is 18.9. The zero-order valence-electron chi connectivity index (χ0n) is 16.5. The van der Waals surface area contributed by atoms with E-state index in [0.717, 1.165) is 32.2 Å². The molecule has 158 valence electrons. The highest BCUT2D eigenvalue weighted by atomic mass is 35.5. The van der Waals surface area contributed by atoms with Gasteiger partial charge in [0.15, 0.2) is 0 Å². The zero-order chi connectivity index (χ0) is 22.1. The third-order valence-corrected chi connectivity index (χ3v) is 6.71.